The molecular weight excluding hydrogens is 216 g/mol. The van der Waals surface area contributed by atoms with Crippen LogP contribution in [0.2, 0.25) is 0 Å². The lowest BCUT2D eigenvalue weighted by atomic mass is 10.6. The summed E-state index contributed by atoms with van der Waals surface area (Å²) >= 11 is 2.81. The first kappa shape index (κ1) is 9.17. The lowest BCUT2D eigenvalue weighted by Crippen LogP contribution is -1.72. The van der Waals surface area contributed by atoms with E-state index in [0.717, 1.165) is 20.0 Å². The van der Waals surface area contributed by atoms with Gasteiger partial charge in [0.1, 0.15) is 10.0 Å². The van der Waals surface area contributed by atoms with Gasteiger partial charge in [-0.1, -0.05) is 22.7 Å². The third kappa shape index (κ3) is 2.09. The van der Waals surface area contributed by atoms with E-state index in [4.69, 9.17) is 11.5 Å². The molecule has 0 aliphatic heterocycles. The van der Waals surface area contributed by atoms with E-state index in [1.807, 2.05) is 24.3 Å². The van der Waals surface area contributed by atoms with Gasteiger partial charge in [0.2, 0.25) is 0 Å². The maximum Gasteiger partial charge on any atom is 0.140 e. The Balaban J connectivity index is 2.14. The zero-order valence-corrected chi connectivity index (χ0v) is 8.81. The van der Waals surface area contributed by atoms with Gasteiger partial charge in [-0.05, 0) is 24.3 Å². The first-order chi connectivity index (χ1) is 6.74. The van der Waals surface area contributed by atoms with Crippen LogP contribution in [0.25, 0.3) is 0 Å². The van der Waals surface area contributed by atoms with Gasteiger partial charge in [-0.15, -0.1) is 10.2 Å². The fourth-order valence-corrected chi connectivity index (χ4v) is 2.08. The molecular formula is C8H8N4S2. The molecule has 2 aromatic rings. The maximum atomic E-state index is 5.55. The lowest BCUT2D eigenvalue weighted by molar-refractivity contribution is 1.28. The predicted molar refractivity (Wildman–Crippen MR) is 61.6 cm³/mol. The van der Waals surface area contributed by atoms with E-state index in [9.17, 15) is 0 Å². The summed E-state index contributed by atoms with van der Waals surface area (Å²) < 4.78 is 0. The Labute approximate surface area is 88.9 Å². The summed E-state index contributed by atoms with van der Waals surface area (Å²) in [5.74, 6) is 0. The van der Waals surface area contributed by atoms with Gasteiger partial charge in [0.15, 0.2) is 0 Å². The minimum Gasteiger partial charge on any atom is -0.391 e. The van der Waals surface area contributed by atoms with Gasteiger partial charge >= 0.3 is 0 Å². The zero-order chi connectivity index (χ0) is 9.97. The van der Waals surface area contributed by atoms with Crippen LogP contribution in [0.3, 0.4) is 0 Å². The van der Waals surface area contributed by atoms with Crippen molar-refractivity contribution in [1.82, 2.24) is 0 Å². The number of nitrogens with zero attached hydrogens (tertiary/aromatic N) is 2. The van der Waals surface area contributed by atoms with Crippen molar-refractivity contribution < 1.29 is 0 Å². The Morgan fingerprint density at radius 3 is 1.50 bits per heavy atom. The van der Waals surface area contributed by atoms with E-state index in [2.05, 4.69) is 10.2 Å². The largest absolute Gasteiger partial charge is 0.391 e. The van der Waals surface area contributed by atoms with E-state index >= 15 is 0 Å². The second-order valence-electron chi connectivity index (χ2n) is 2.55. The molecule has 14 heavy (non-hydrogen) atoms. The first-order valence-corrected chi connectivity index (χ1v) is 5.50. The molecule has 2 heterocycles. The van der Waals surface area contributed by atoms with Crippen molar-refractivity contribution in [3.05, 3.63) is 24.3 Å². The summed E-state index contributed by atoms with van der Waals surface area (Å²) in [7, 11) is 0. The number of nitrogen functional groups attached to an aromatic ring is 2. The molecule has 72 valence electrons. The molecule has 2 rings (SSSR count). The standard InChI is InChI=1S/C8H8N4S2/c9-5-1-3-7(13-5)11-12-8-4-2-6(10)14-8/h1-4H,9-10H2. The lowest BCUT2D eigenvalue weighted by Gasteiger charge is -1.82. The molecule has 0 aromatic carbocycles. The number of azo groups is 1. The van der Waals surface area contributed by atoms with Crippen molar-refractivity contribution in [3.63, 3.8) is 0 Å². The number of nitrogens with two attached hydrogens (primary N) is 2. The van der Waals surface area contributed by atoms with E-state index in [1.165, 1.54) is 22.7 Å². The highest BCUT2D eigenvalue weighted by molar-refractivity contribution is 7.20. The molecule has 0 fully saturated rings. The Bertz CT molecular complexity index is 415. The normalized spacial score (nSPS) is 11.1. The number of anilines is 2. The molecule has 4 N–H and O–H groups in total. The van der Waals surface area contributed by atoms with Crippen molar-refractivity contribution in [1.29, 1.82) is 0 Å². The van der Waals surface area contributed by atoms with Gasteiger partial charge < -0.3 is 11.5 Å². The summed E-state index contributed by atoms with van der Waals surface area (Å²) in [6.07, 6.45) is 0. The maximum absolute atomic E-state index is 5.55. The highest BCUT2D eigenvalue weighted by Gasteiger charge is 1.96. The molecule has 0 aliphatic carbocycles. The predicted octanol–water partition coefficient (Wildman–Crippen LogP) is 3.39. The quantitative estimate of drug-likeness (QED) is 0.767. The summed E-state index contributed by atoms with van der Waals surface area (Å²) in [4.78, 5) is 0. The van der Waals surface area contributed by atoms with Crippen LogP contribution in [0.4, 0.5) is 20.0 Å². The van der Waals surface area contributed by atoms with Crippen LogP contribution < -0.4 is 11.5 Å². The molecule has 0 radical (unpaired) electrons. The molecule has 0 atom stereocenters. The van der Waals surface area contributed by atoms with Crippen molar-refractivity contribution in [3.8, 4) is 0 Å². The average Bonchev–Trinajstić information content (AvgIpc) is 2.72. The van der Waals surface area contributed by atoms with Crippen molar-refractivity contribution in [2.45, 2.75) is 0 Å². The van der Waals surface area contributed by atoms with Crippen molar-refractivity contribution >= 4 is 42.7 Å². The Hall–Kier alpha value is -1.40. The van der Waals surface area contributed by atoms with Gasteiger partial charge in [0.25, 0.3) is 0 Å². The SMILES string of the molecule is Nc1ccc(N=Nc2ccc(N)s2)s1. The van der Waals surface area contributed by atoms with Crippen LogP contribution in [0.15, 0.2) is 34.5 Å². The van der Waals surface area contributed by atoms with E-state index < -0.39 is 0 Å². The molecule has 4 nitrogen and oxygen atoms in total. The summed E-state index contributed by atoms with van der Waals surface area (Å²) in [6, 6.07) is 7.28. The number of hydrogen-bond acceptors (Lipinski definition) is 6. The van der Waals surface area contributed by atoms with Crippen LogP contribution in [0.1, 0.15) is 0 Å². The molecule has 0 bridgehead atoms. The smallest absolute Gasteiger partial charge is 0.140 e. The minimum absolute atomic E-state index is 0.740. The first-order valence-electron chi connectivity index (χ1n) is 3.86. The molecule has 0 amide bonds. The van der Waals surface area contributed by atoms with E-state index in [0.29, 0.717) is 0 Å². The summed E-state index contributed by atoms with van der Waals surface area (Å²) in [5.41, 5.74) is 11.1. The van der Waals surface area contributed by atoms with Crippen LogP contribution >= 0.6 is 22.7 Å². The summed E-state index contributed by atoms with van der Waals surface area (Å²) in [6.45, 7) is 0. The molecule has 0 aliphatic rings. The molecule has 2 aromatic heterocycles. The average molecular weight is 224 g/mol. The van der Waals surface area contributed by atoms with Gasteiger partial charge in [-0.25, -0.2) is 0 Å². The second kappa shape index (κ2) is 3.77. The molecule has 0 unspecified atom stereocenters. The van der Waals surface area contributed by atoms with Gasteiger partial charge in [0, 0.05) is 0 Å². The van der Waals surface area contributed by atoms with Crippen LogP contribution in [-0.4, -0.2) is 0 Å². The van der Waals surface area contributed by atoms with Crippen LogP contribution in [0, 0.1) is 0 Å². The minimum atomic E-state index is 0.740. The van der Waals surface area contributed by atoms with Gasteiger partial charge in [0.05, 0.1) is 10.0 Å². The van der Waals surface area contributed by atoms with Gasteiger partial charge in [-0.3, -0.25) is 0 Å². The fourth-order valence-electron chi connectivity index (χ4n) is 0.890. The fraction of sp³-hybridized carbons (Fsp3) is 0. The molecule has 0 saturated carbocycles. The summed E-state index contributed by atoms with van der Waals surface area (Å²) in [5, 5.41) is 11.1. The topological polar surface area (TPSA) is 76.8 Å². The molecule has 6 heteroatoms. The van der Waals surface area contributed by atoms with Crippen molar-refractivity contribution in [2.24, 2.45) is 10.2 Å². The Morgan fingerprint density at radius 2 is 1.21 bits per heavy atom. The van der Waals surface area contributed by atoms with Crippen LogP contribution in [-0.2, 0) is 0 Å². The van der Waals surface area contributed by atoms with E-state index in [-0.39, 0.29) is 0 Å². The highest BCUT2D eigenvalue weighted by Crippen LogP contribution is 2.31. The highest BCUT2D eigenvalue weighted by atomic mass is 32.1. The second-order valence-corrected chi connectivity index (χ2v) is 4.74. The molecule has 0 spiro atoms. The zero-order valence-electron chi connectivity index (χ0n) is 7.18. The number of rotatable bonds is 2. The van der Waals surface area contributed by atoms with Crippen molar-refractivity contribution in [2.75, 3.05) is 11.5 Å². The Morgan fingerprint density at radius 1 is 0.786 bits per heavy atom. The number of thiophene rings is 2. The van der Waals surface area contributed by atoms with Crippen LogP contribution in [0.5, 0.6) is 0 Å². The Kier molecular flexibility index (Phi) is 2.47. The number of hydrogen-bond donors (Lipinski definition) is 2. The van der Waals surface area contributed by atoms with Gasteiger partial charge in [-0.2, -0.15) is 0 Å². The third-order valence-corrected chi connectivity index (χ3v) is 3.07. The van der Waals surface area contributed by atoms with E-state index in [1.54, 1.807) is 0 Å². The third-order valence-electron chi connectivity index (χ3n) is 1.47. The monoisotopic (exact) mass is 224 g/mol. The molecule has 0 saturated heterocycles.